The van der Waals surface area contributed by atoms with Gasteiger partial charge in [-0.3, -0.25) is 6.08 Å². The van der Waals surface area contributed by atoms with Gasteiger partial charge in [-0.05, 0) is 41.5 Å². The smallest absolute Gasteiger partial charge is 0.107 e. The summed E-state index contributed by atoms with van der Waals surface area (Å²) in [5.74, 6) is 0. The number of nitrogens with zero attached hydrogens (tertiary/aromatic N) is 1. The van der Waals surface area contributed by atoms with Crippen LogP contribution in [0.2, 0.25) is 13.1 Å². The molecule has 0 amide bonds. The number of allylic oxidation sites excluding steroid dienone is 4. The van der Waals surface area contributed by atoms with Crippen molar-refractivity contribution < 1.29 is 21.7 Å². The van der Waals surface area contributed by atoms with Gasteiger partial charge < -0.3 is 34.3 Å². The van der Waals surface area contributed by atoms with E-state index in [1.165, 1.54) is 0 Å². The SMILES string of the molecule is C[SiH](C)N(C(C)(C)C)C(C)(C)C.Cl.Cl.[C-]1=CC=CC1.[CH3-].[CH3-].[CH3-].[CH3-].[Ti]. The van der Waals surface area contributed by atoms with Gasteiger partial charge >= 0.3 is 0 Å². The fourth-order valence-corrected chi connectivity index (χ4v) is 5.99. The quantitative estimate of drug-likeness (QED) is 0.324. The first-order chi connectivity index (χ1) is 7.57. The molecule has 0 spiro atoms. The zero-order valence-corrected chi connectivity index (χ0v) is 22.6. The molecule has 1 nitrogen and oxygen atoms in total. The van der Waals surface area contributed by atoms with Crippen LogP contribution in [0.15, 0.2) is 18.2 Å². The minimum absolute atomic E-state index is 0. The Bertz CT molecular complexity index is 256. The zero-order chi connectivity index (χ0) is 13.7. The fourth-order valence-electron chi connectivity index (χ4n) is 2.90. The van der Waals surface area contributed by atoms with Gasteiger partial charge in [0.05, 0.1) is 0 Å². The standard InChI is InChI=1S/C10H25NSi.C5H5.4CH3.2ClH.Ti/c1-9(2,3)11(12(7)8)10(4,5)6;1-2-4-5-3-1;;;;;;;/h12H,1-8H3;1-3H,4H2;4*1H3;2*1H;/q;5*-1;;;. The third kappa shape index (κ3) is 23.0. The molecule has 0 aromatic carbocycles. The van der Waals surface area contributed by atoms with Gasteiger partial charge in [0.25, 0.3) is 0 Å². The summed E-state index contributed by atoms with van der Waals surface area (Å²) in [5, 5.41) is 0. The molecule has 0 saturated carbocycles. The minimum Gasteiger partial charge on any atom is -0.358 e. The van der Waals surface area contributed by atoms with Crippen molar-refractivity contribution in [1.29, 1.82) is 0 Å². The van der Waals surface area contributed by atoms with E-state index in [1.807, 2.05) is 12.2 Å². The van der Waals surface area contributed by atoms with E-state index >= 15 is 0 Å². The molecule has 1 aliphatic rings. The van der Waals surface area contributed by atoms with E-state index < -0.39 is 8.96 Å². The van der Waals surface area contributed by atoms with Crippen LogP contribution in [0.3, 0.4) is 0 Å². The van der Waals surface area contributed by atoms with Crippen molar-refractivity contribution in [3.8, 4) is 0 Å². The molecule has 0 fully saturated rings. The van der Waals surface area contributed by atoms with Crippen LogP contribution < -0.4 is 0 Å². The van der Waals surface area contributed by atoms with Gasteiger partial charge in [-0.15, -0.1) is 31.2 Å². The van der Waals surface area contributed by atoms with E-state index in [1.54, 1.807) is 0 Å². The fraction of sp³-hybridized carbons (Fsp3) is 0.579. The van der Waals surface area contributed by atoms with Crippen LogP contribution >= 0.6 is 24.8 Å². The molecule has 24 heavy (non-hydrogen) atoms. The second-order valence-electron chi connectivity index (χ2n) is 6.81. The number of halogens is 2. The van der Waals surface area contributed by atoms with Crippen molar-refractivity contribution >= 4 is 33.8 Å². The number of hydrogen-bond acceptors (Lipinski definition) is 1. The number of hydrogen-bond donors (Lipinski definition) is 0. The first-order valence-electron chi connectivity index (χ1n) is 6.58. The summed E-state index contributed by atoms with van der Waals surface area (Å²) >= 11 is 0. The summed E-state index contributed by atoms with van der Waals surface area (Å²) in [6.45, 7) is 18.7. The first kappa shape index (κ1) is 49.8. The van der Waals surface area contributed by atoms with Crippen molar-refractivity contribution in [2.45, 2.75) is 72.1 Å². The Kier molecular flexibility index (Phi) is 45.6. The van der Waals surface area contributed by atoms with Crippen LogP contribution in [-0.4, -0.2) is 24.6 Å². The molecule has 0 radical (unpaired) electrons. The van der Waals surface area contributed by atoms with Gasteiger partial charge in [-0.2, -0.15) is 6.08 Å². The van der Waals surface area contributed by atoms with Crippen LogP contribution in [0.4, 0.5) is 0 Å². The molecule has 0 aliphatic heterocycles. The molecule has 152 valence electrons. The topological polar surface area (TPSA) is 3.24 Å². The van der Waals surface area contributed by atoms with E-state index in [9.17, 15) is 0 Å². The van der Waals surface area contributed by atoms with Gasteiger partial charge in [-0.25, -0.2) is 12.2 Å². The maximum absolute atomic E-state index is 2.99. The Morgan fingerprint density at radius 2 is 1.17 bits per heavy atom. The molecule has 1 aliphatic carbocycles. The van der Waals surface area contributed by atoms with Crippen LogP contribution in [0.1, 0.15) is 48.0 Å². The van der Waals surface area contributed by atoms with E-state index in [0.29, 0.717) is 11.1 Å². The molecule has 0 aromatic heterocycles. The van der Waals surface area contributed by atoms with E-state index in [4.69, 9.17) is 0 Å². The summed E-state index contributed by atoms with van der Waals surface area (Å²) in [6.07, 6.45) is 10.0. The Hall–Kier alpha value is 0.951. The Labute approximate surface area is 185 Å². The van der Waals surface area contributed by atoms with Crippen LogP contribution in [0.25, 0.3) is 0 Å². The predicted octanol–water partition coefficient (Wildman–Crippen LogP) is 6.82. The zero-order valence-electron chi connectivity index (χ0n) is 18.3. The number of rotatable bonds is 1. The summed E-state index contributed by atoms with van der Waals surface area (Å²) in [6, 6.07) is 0. The average Bonchev–Trinajstić information content (AvgIpc) is 2.50. The van der Waals surface area contributed by atoms with Crippen LogP contribution in [0.5, 0.6) is 0 Å². The second kappa shape index (κ2) is 22.0. The molecule has 0 N–H and O–H groups in total. The molecule has 0 atom stereocenters. The summed E-state index contributed by atoms with van der Waals surface area (Å²) in [4.78, 5) is 0. The summed E-state index contributed by atoms with van der Waals surface area (Å²) < 4.78 is 2.68. The van der Waals surface area contributed by atoms with E-state index in [0.717, 1.165) is 6.42 Å². The molecule has 1 rings (SSSR count). The molecule has 0 unspecified atom stereocenters. The maximum atomic E-state index is 2.99. The second-order valence-corrected chi connectivity index (χ2v) is 9.51. The predicted molar refractivity (Wildman–Crippen MR) is 122 cm³/mol. The summed E-state index contributed by atoms with van der Waals surface area (Å²) in [5.41, 5.74) is 0.636. The van der Waals surface area contributed by atoms with Crippen molar-refractivity contribution in [1.82, 2.24) is 4.57 Å². The molecule has 0 heterocycles. The molecule has 5 heteroatoms. The maximum Gasteiger partial charge on any atom is 0.107 e. The normalized spacial score (nSPS) is 10.9. The van der Waals surface area contributed by atoms with Crippen molar-refractivity contribution in [2.24, 2.45) is 0 Å². The molecule has 0 saturated heterocycles. The molecular weight excluding hydrogens is 389 g/mol. The summed E-state index contributed by atoms with van der Waals surface area (Å²) in [7, 11) is -0.702. The van der Waals surface area contributed by atoms with Gasteiger partial charge in [0.2, 0.25) is 0 Å². The van der Waals surface area contributed by atoms with Gasteiger partial charge in [0.15, 0.2) is 0 Å². The third-order valence-electron chi connectivity index (χ3n) is 2.55. The van der Waals surface area contributed by atoms with Crippen molar-refractivity contribution in [3.63, 3.8) is 0 Å². The van der Waals surface area contributed by atoms with Crippen molar-refractivity contribution in [3.05, 3.63) is 54.0 Å². The Balaban J connectivity index is -0.0000000315. The monoisotopic (exact) mass is 432 g/mol. The molecular formula is C19H44Cl2NSiTi-5. The van der Waals surface area contributed by atoms with Crippen LogP contribution in [0, 0.1) is 35.8 Å². The van der Waals surface area contributed by atoms with Crippen molar-refractivity contribution in [2.75, 3.05) is 0 Å². The Morgan fingerprint density at radius 1 is 0.833 bits per heavy atom. The Morgan fingerprint density at radius 3 is 1.21 bits per heavy atom. The average molecular weight is 433 g/mol. The van der Waals surface area contributed by atoms with E-state index in [2.05, 4.69) is 71.4 Å². The minimum atomic E-state index is -0.702. The van der Waals surface area contributed by atoms with Gasteiger partial charge in [0, 0.05) is 32.8 Å². The van der Waals surface area contributed by atoms with E-state index in [-0.39, 0.29) is 76.2 Å². The first-order valence-corrected chi connectivity index (χ1v) is 9.40. The molecule has 0 aromatic rings. The van der Waals surface area contributed by atoms with Gasteiger partial charge in [0.1, 0.15) is 8.96 Å². The van der Waals surface area contributed by atoms with Gasteiger partial charge in [-0.1, -0.05) is 13.1 Å². The largest absolute Gasteiger partial charge is 0.358 e. The van der Waals surface area contributed by atoms with Crippen LogP contribution in [-0.2, 0) is 21.7 Å². The molecule has 0 bridgehead atoms. The third-order valence-corrected chi connectivity index (χ3v) is 5.13.